The molecule has 0 atom stereocenters. The van der Waals surface area contributed by atoms with Crippen LogP contribution in [0.4, 0.5) is 0 Å². The molecule has 6 rings (SSSR count). The molecule has 0 radical (unpaired) electrons. The van der Waals surface area contributed by atoms with E-state index in [4.69, 9.17) is 0 Å². The molecule has 400 valence electrons. The van der Waals surface area contributed by atoms with Crippen LogP contribution in [0.1, 0.15) is 311 Å². The lowest BCUT2D eigenvalue weighted by molar-refractivity contribution is 0.757. The number of hydrogen-bond donors (Lipinski definition) is 0. The molecule has 72 heavy (non-hydrogen) atoms. The van der Waals surface area contributed by atoms with E-state index in [0.29, 0.717) is 71.0 Å². The molecular weight excluding hydrogens is 893 g/mol. The van der Waals surface area contributed by atoms with Crippen LogP contribution in [0.5, 0.6) is 0 Å². The maximum Gasteiger partial charge on any atom is 0.0463 e. The first kappa shape index (κ1) is 67.5. The van der Waals surface area contributed by atoms with E-state index in [1.165, 1.54) is 61.5 Å². The highest BCUT2D eigenvalue weighted by atomic mass is 32.1. The van der Waals surface area contributed by atoms with Crippen LogP contribution in [0, 0.1) is 0 Å². The Morgan fingerprint density at radius 3 is 0.806 bits per heavy atom. The molecule has 0 unspecified atom stereocenters. The van der Waals surface area contributed by atoms with Crippen LogP contribution in [-0.4, -0.2) is 19.9 Å². The zero-order chi connectivity index (χ0) is 54.1. The van der Waals surface area contributed by atoms with Crippen LogP contribution >= 0.6 is 11.3 Å². The summed E-state index contributed by atoms with van der Waals surface area (Å²) in [7, 11) is 0. The number of hydrogen-bond acceptors (Lipinski definition) is 5. The van der Waals surface area contributed by atoms with Gasteiger partial charge in [-0.25, -0.2) is 0 Å². The van der Waals surface area contributed by atoms with Gasteiger partial charge >= 0.3 is 0 Å². The van der Waals surface area contributed by atoms with E-state index in [1.807, 2.05) is 60.7 Å². The van der Waals surface area contributed by atoms with Crippen molar-refractivity contribution in [2.75, 3.05) is 0 Å². The first-order valence-corrected chi connectivity index (χ1v) is 28.1. The molecule has 0 aliphatic rings. The van der Waals surface area contributed by atoms with Crippen molar-refractivity contribution >= 4 is 11.3 Å². The van der Waals surface area contributed by atoms with Gasteiger partial charge in [-0.2, -0.15) is 0 Å². The average molecular weight is 1000 g/mol. The topological polar surface area (TPSA) is 51.6 Å². The van der Waals surface area contributed by atoms with Gasteiger partial charge in [-0.15, -0.1) is 11.3 Å². The average Bonchev–Trinajstić information content (AvgIpc) is 3.84. The summed E-state index contributed by atoms with van der Waals surface area (Å²) in [6.45, 7) is 53.4. The molecular formula is C67H106N4S. The van der Waals surface area contributed by atoms with Gasteiger partial charge in [0.15, 0.2) is 0 Å². The van der Waals surface area contributed by atoms with Crippen LogP contribution in [0.15, 0.2) is 109 Å². The largest absolute Gasteiger partial charge is 0.264 e. The number of nitrogens with zero attached hydrogens (tertiary/aromatic N) is 4. The zero-order valence-corrected chi connectivity index (χ0v) is 50.3. The third-order valence-corrected chi connectivity index (χ3v) is 13.7. The summed E-state index contributed by atoms with van der Waals surface area (Å²) in [4.78, 5) is 18.7. The molecule has 1 aromatic carbocycles. The summed E-state index contributed by atoms with van der Waals surface area (Å²) in [6, 6.07) is 23.6. The fourth-order valence-electron chi connectivity index (χ4n) is 8.49. The molecule has 0 spiro atoms. The minimum absolute atomic E-state index is 0. The molecule has 5 heterocycles. The van der Waals surface area contributed by atoms with Gasteiger partial charge < -0.3 is 0 Å². The summed E-state index contributed by atoms with van der Waals surface area (Å²) in [5, 5.41) is 2.20. The number of rotatable bonds is 12. The minimum atomic E-state index is 0. The molecule has 4 nitrogen and oxygen atoms in total. The highest BCUT2D eigenvalue weighted by molar-refractivity contribution is 7.10. The van der Waals surface area contributed by atoms with E-state index >= 15 is 0 Å². The van der Waals surface area contributed by atoms with Crippen molar-refractivity contribution in [1.29, 1.82) is 0 Å². The molecule has 0 saturated carbocycles. The Kier molecular flexibility index (Phi) is 32.7. The Labute approximate surface area is 449 Å². The lowest BCUT2D eigenvalue weighted by Gasteiger charge is -2.14. The Hall–Kier alpha value is -4.48. The van der Waals surface area contributed by atoms with Crippen molar-refractivity contribution in [3.8, 4) is 0 Å². The lowest BCUT2D eigenvalue weighted by Crippen LogP contribution is -2.00. The van der Waals surface area contributed by atoms with E-state index in [2.05, 4.69) is 246 Å². The SMILES string of the molecule is C.CC(C)c1ccccc1C(C)C.CC(C)c1cccnc1C(C)C.CC(C)c1cccnc1C(C)C.CC(C)c1ccncc1C(C)C.CC(C)c1ccncc1C(C)C.CC(C)c1ccsc1C(C)C. The van der Waals surface area contributed by atoms with Crippen molar-refractivity contribution < 1.29 is 0 Å². The van der Waals surface area contributed by atoms with E-state index in [9.17, 15) is 0 Å². The summed E-state index contributed by atoms with van der Waals surface area (Å²) < 4.78 is 0. The first-order valence-electron chi connectivity index (χ1n) is 27.2. The Bertz CT molecular complexity index is 1840. The Morgan fingerprint density at radius 2 is 0.569 bits per heavy atom. The number of aromatic nitrogens is 4. The van der Waals surface area contributed by atoms with Gasteiger partial charge in [0, 0.05) is 53.4 Å². The second kappa shape index (κ2) is 34.9. The first-order chi connectivity index (χ1) is 33.3. The van der Waals surface area contributed by atoms with Gasteiger partial charge in [0.05, 0.1) is 0 Å². The van der Waals surface area contributed by atoms with Crippen LogP contribution < -0.4 is 0 Å². The van der Waals surface area contributed by atoms with Crippen LogP contribution in [0.2, 0.25) is 0 Å². The number of pyridine rings is 4. The molecule has 0 saturated heterocycles. The molecule has 0 fully saturated rings. The molecule has 6 aromatic rings. The fourth-order valence-corrected chi connectivity index (χ4v) is 9.57. The van der Waals surface area contributed by atoms with Gasteiger partial charge in [-0.1, -0.05) is 210 Å². The predicted octanol–water partition coefficient (Wildman–Crippen LogP) is 21.9. The van der Waals surface area contributed by atoms with Crippen molar-refractivity contribution in [1.82, 2.24) is 19.9 Å². The van der Waals surface area contributed by atoms with Gasteiger partial charge in [0.25, 0.3) is 0 Å². The van der Waals surface area contributed by atoms with Crippen molar-refractivity contribution in [3.63, 3.8) is 0 Å². The number of benzene rings is 1. The fraction of sp³-hybridized carbons (Fsp3) is 0.552. The van der Waals surface area contributed by atoms with Gasteiger partial charge in [0.1, 0.15) is 0 Å². The Morgan fingerprint density at radius 1 is 0.278 bits per heavy atom. The molecule has 0 aliphatic carbocycles. The van der Waals surface area contributed by atoms with E-state index < -0.39 is 0 Å². The van der Waals surface area contributed by atoms with Gasteiger partial charge in [-0.05, 0) is 157 Å². The van der Waals surface area contributed by atoms with Crippen LogP contribution in [0.3, 0.4) is 0 Å². The smallest absolute Gasteiger partial charge is 0.0463 e. The molecule has 0 aliphatic heterocycles. The highest BCUT2D eigenvalue weighted by Gasteiger charge is 2.13. The number of thiophene rings is 1. The third kappa shape index (κ3) is 23.2. The van der Waals surface area contributed by atoms with Crippen LogP contribution in [-0.2, 0) is 0 Å². The summed E-state index contributed by atoms with van der Waals surface area (Å²) >= 11 is 1.89. The Balaban J connectivity index is 0.000000838. The quantitative estimate of drug-likeness (QED) is 0.123. The molecule has 0 amide bonds. The normalized spacial score (nSPS) is 11.1. The second-order valence-electron chi connectivity index (χ2n) is 22.7. The highest BCUT2D eigenvalue weighted by Crippen LogP contribution is 2.31. The van der Waals surface area contributed by atoms with Crippen molar-refractivity contribution in [3.05, 3.63) is 176 Å². The predicted molar refractivity (Wildman–Crippen MR) is 324 cm³/mol. The monoisotopic (exact) mass is 999 g/mol. The van der Waals surface area contributed by atoms with Gasteiger partial charge in [-0.3, -0.25) is 19.9 Å². The van der Waals surface area contributed by atoms with E-state index in [-0.39, 0.29) is 7.43 Å². The van der Waals surface area contributed by atoms with Crippen LogP contribution in [0.25, 0.3) is 0 Å². The van der Waals surface area contributed by atoms with Crippen molar-refractivity contribution in [2.45, 2.75) is 245 Å². The molecule has 5 aromatic heterocycles. The minimum Gasteiger partial charge on any atom is -0.264 e. The second-order valence-corrected chi connectivity index (χ2v) is 23.6. The van der Waals surface area contributed by atoms with Gasteiger partial charge in [0.2, 0.25) is 0 Å². The standard InChI is InChI=1S/C12H18.4C11H17N.C10H16S.CH4/c1-9(2)11-7-5-6-8-12(11)10(3)4;2*1-8(2)10-5-6-12-7-11(10)9(3)4;2*1-8(2)10-6-5-7-12-11(10)9(3)4;1-7(2)9-5-6-11-10(9)8(3)4;/h5-10H,1-4H3;4*5-9H,1-4H3;5-8H,1-4H3;1H4. The maximum absolute atomic E-state index is 4.40. The van der Waals surface area contributed by atoms with Crippen molar-refractivity contribution in [2.24, 2.45) is 0 Å². The molecule has 0 N–H and O–H groups in total. The maximum atomic E-state index is 4.40. The van der Waals surface area contributed by atoms with E-state index in [1.54, 1.807) is 4.88 Å². The summed E-state index contributed by atoms with van der Waals surface area (Å²) in [5.74, 6) is 7.24. The summed E-state index contributed by atoms with van der Waals surface area (Å²) in [6.07, 6.45) is 11.5. The lowest BCUT2D eigenvalue weighted by atomic mass is 9.91. The molecule has 5 heteroatoms. The zero-order valence-electron chi connectivity index (χ0n) is 49.5. The molecule has 0 bridgehead atoms. The third-order valence-electron chi connectivity index (χ3n) is 12.5. The summed E-state index contributed by atoms with van der Waals surface area (Å²) in [5.41, 5.74) is 15.4. The van der Waals surface area contributed by atoms with E-state index in [0.717, 1.165) is 0 Å².